The minimum absolute atomic E-state index is 0.218. The van der Waals surface area contributed by atoms with Crippen molar-refractivity contribution in [1.82, 2.24) is 0 Å². The number of hydrogen-bond donors (Lipinski definition) is 6. The summed E-state index contributed by atoms with van der Waals surface area (Å²) in [7, 11) is 0. The topological polar surface area (TPSA) is 111 Å². The first-order valence-corrected chi connectivity index (χ1v) is 23.2. The van der Waals surface area contributed by atoms with Gasteiger partial charge in [0.2, 0.25) is 0 Å². The normalized spacial score (nSPS) is 14.1. The number of rotatable bonds is 47. The van der Waals surface area contributed by atoms with E-state index in [-0.39, 0.29) is 13.2 Å². The molecule has 0 fully saturated rings. The maximum absolute atomic E-state index is 6.64. The molecule has 0 bridgehead atoms. The van der Waals surface area contributed by atoms with Gasteiger partial charge in [-0.1, -0.05) is 0 Å². The lowest BCUT2D eigenvalue weighted by atomic mass is 10.0. The summed E-state index contributed by atoms with van der Waals surface area (Å²) in [5.74, 6) is 4.53. The highest BCUT2D eigenvalue weighted by Crippen LogP contribution is 2.20. The second-order valence-electron chi connectivity index (χ2n) is 11.8. The second kappa shape index (κ2) is 47.3. The molecule has 0 spiro atoms. The Morgan fingerprint density at radius 3 is 0.722 bits per heavy atom. The fraction of sp³-hybridized carbons (Fsp3) is 1.00. The third kappa shape index (κ3) is 36.7. The van der Waals surface area contributed by atoms with E-state index in [2.05, 4.69) is 75.8 Å². The van der Waals surface area contributed by atoms with Crippen molar-refractivity contribution >= 4 is 75.8 Å². The first-order valence-electron chi connectivity index (χ1n) is 19.4. The Labute approximate surface area is 360 Å². The summed E-state index contributed by atoms with van der Waals surface area (Å²) in [5, 5.41) is 0. The summed E-state index contributed by atoms with van der Waals surface area (Å²) in [6.07, 6.45) is 2.71. The predicted molar refractivity (Wildman–Crippen MR) is 236 cm³/mol. The first-order chi connectivity index (χ1) is 26.7. The molecule has 0 heterocycles. The average molecular weight is 891 g/mol. The monoisotopic (exact) mass is 890 g/mol. The van der Waals surface area contributed by atoms with Gasteiger partial charge in [0, 0.05) is 39.6 Å². The van der Waals surface area contributed by atoms with Crippen molar-refractivity contribution in [1.29, 1.82) is 0 Å². The third-order valence-corrected chi connectivity index (χ3v) is 9.14. The standard InChI is InChI=1S/C36H74O12S6/c49-25-1-7-37-13-15-43-31-33(45-21-17-39-9-3-27-51)35(47-23-19-41-11-5-29-53)36(48-24-20-42-12-6-30-54)34(46-22-18-40-10-4-28-52)32-44-16-14-38-8-2-26-50/h33-36,49-54H,1-32H2. The van der Waals surface area contributed by atoms with Crippen LogP contribution in [0, 0.1) is 0 Å². The lowest BCUT2D eigenvalue weighted by Crippen LogP contribution is -2.53. The number of hydrogen-bond acceptors (Lipinski definition) is 18. The Morgan fingerprint density at radius 1 is 0.241 bits per heavy atom. The van der Waals surface area contributed by atoms with E-state index in [0.29, 0.717) is 119 Å². The van der Waals surface area contributed by atoms with Crippen LogP contribution in [0.2, 0.25) is 0 Å². The fourth-order valence-corrected chi connectivity index (χ4v) is 5.33. The van der Waals surface area contributed by atoms with Crippen molar-refractivity contribution in [3.05, 3.63) is 0 Å². The van der Waals surface area contributed by atoms with Crippen molar-refractivity contribution in [2.24, 2.45) is 0 Å². The molecule has 18 heteroatoms. The predicted octanol–water partition coefficient (Wildman–Crippen LogP) is 4.58. The molecular formula is C36H74O12S6. The zero-order chi connectivity index (χ0) is 39.4. The number of thiol groups is 6. The van der Waals surface area contributed by atoms with Crippen molar-refractivity contribution in [3.8, 4) is 0 Å². The zero-order valence-electron chi connectivity index (χ0n) is 32.5. The van der Waals surface area contributed by atoms with Gasteiger partial charge in [-0.2, -0.15) is 75.8 Å². The molecule has 0 aliphatic heterocycles. The van der Waals surface area contributed by atoms with Crippen molar-refractivity contribution < 1.29 is 56.8 Å². The minimum Gasteiger partial charge on any atom is -0.379 e. The van der Waals surface area contributed by atoms with Gasteiger partial charge in [-0.25, -0.2) is 0 Å². The molecule has 0 saturated carbocycles. The molecular weight excluding hydrogens is 817 g/mol. The highest BCUT2D eigenvalue weighted by atomic mass is 32.1. The Bertz CT molecular complexity index is 661. The Kier molecular flexibility index (Phi) is 48.7. The molecule has 0 aliphatic rings. The summed E-state index contributed by atoms with van der Waals surface area (Å²) in [4.78, 5) is 0. The van der Waals surface area contributed by atoms with Crippen LogP contribution in [0.5, 0.6) is 0 Å². The van der Waals surface area contributed by atoms with Gasteiger partial charge in [0.25, 0.3) is 0 Å². The molecule has 4 atom stereocenters. The summed E-state index contributed by atoms with van der Waals surface area (Å²) in [5.41, 5.74) is 0. The molecule has 0 amide bonds. The van der Waals surface area contributed by atoms with Gasteiger partial charge in [0.05, 0.1) is 92.5 Å². The van der Waals surface area contributed by atoms with Crippen LogP contribution in [-0.4, -0.2) is 191 Å². The molecule has 0 saturated heterocycles. The van der Waals surface area contributed by atoms with Crippen LogP contribution in [0.4, 0.5) is 0 Å². The van der Waals surface area contributed by atoms with E-state index in [9.17, 15) is 0 Å². The number of ether oxygens (including phenoxy) is 12. The van der Waals surface area contributed by atoms with E-state index >= 15 is 0 Å². The van der Waals surface area contributed by atoms with E-state index in [1.165, 1.54) is 0 Å². The largest absolute Gasteiger partial charge is 0.379 e. The Morgan fingerprint density at radius 2 is 0.463 bits per heavy atom. The van der Waals surface area contributed by atoms with Gasteiger partial charge in [0.1, 0.15) is 24.4 Å². The van der Waals surface area contributed by atoms with E-state index in [4.69, 9.17) is 56.8 Å². The van der Waals surface area contributed by atoms with Crippen molar-refractivity contribution in [2.75, 3.05) is 167 Å². The van der Waals surface area contributed by atoms with Gasteiger partial charge in [-0.3, -0.25) is 0 Å². The highest BCUT2D eigenvalue weighted by molar-refractivity contribution is 7.81. The molecule has 0 aromatic heterocycles. The van der Waals surface area contributed by atoms with Gasteiger partial charge in [0.15, 0.2) is 0 Å². The molecule has 0 radical (unpaired) electrons. The third-order valence-electron chi connectivity index (χ3n) is 7.24. The molecule has 0 rings (SSSR count). The molecule has 4 unspecified atom stereocenters. The smallest absolute Gasteiger partial charge is 0.115 e. The van der Waals surface area contributed by atoms with Gasteiger partial charge >= 0.3 is 0 Å². The minimum atomic E-state index is -0.649. The van der Waals surface area contributed by atoms with Crippen LogP contribution in [0.15, 0.2) is 0 Å². The molecule has 326 valence electrons. The van der Waals surface area contributed by atoms with Crippen LogP contribution in [0.3, 0.4) is 0 Å². The summed E-state index contributed by atoms with van der Waals surface area (Å²) >= 11 is 25.7. The molecule has 0 aromatic carbocycles. The van der Waals surface area contributed by atoms with Crippen LogP contribution in [0.1, 0.15) is 38.5 Å². The molecule has 0 N–H and O–H groups in total. The van der Waals surface area contributed by atoms with E-state index in [1.54, 1.807) is 0 Å². The van der Waals surface area contributed by atoms with Crippen LogP contribution >= 0.6 is 75.8 Å². The van der Waals surface area contributed by atoms with E-state index in [1.807, 2.05) is 0 Å². The van der Waals surface area contributed by atoms with Crippen LogP contribution in [-0.2, 0) is 56.8 Å². The van der Waals surface area contributed by atoms with Crippen molar-refractivity contribution in [3.63, 3.8) is 0 Å². The molecule has 0 aliphatic carbocycles. The van der Waals surface area contributed by atoms with E-state index < -0.39 is 24.4 Å². The maximum Gasteiger partial charge on any atom is 0.115 e. The maximum atomic E-state index is 6.64. The summed E-state index contributed by atoms with van der Waals surface area (Å²) in [6, 6.07) is 0. The lowest BCUT2D eigenvalue weighted by molar-refractivity contribution is -0.206. The van der Waals surface area contributed by atoms with Gasteiger partial charge < -0.3 is 56.8 Å². The van der Waals surface area contributed by atoms with Crippen LogP contribution < -0.4 is 0 Å². The zero-order valence-corrected chi connectivity index (χ0v) is 37.9. The molecule has 54 heavy (non-hydrogen) atoms. The van der Waals surface area contributed by atoms with Crippen molar-refractivity contribution in [2.45, 2.75) is 62.9 Å². The fourth-order valence-electron chi connectivity index (χ4n) is 4.55. The van der Waals surface area contributed by atoms with E-state index in [0.717, 1.165) is 73.0 Å². The molecule has 0 aromatic rings. The Balaban J connectivity index is 6.29. The molecule has 12 nitrogen and oxygen atoms in total. The quantitative estimate of drug-likeness (QED) is 0.0381. The first kappa shape index (κ1) is 55.6. The van der Waals surface area contributed by atoms with Gasteiger partial charge in [-0.15, -0.1) is 0 Å². The second-order valence-corrected chi connectivity index (χ2v) is 14.5. The summed E-state index contributed by atoms with van der Waals surface area (Å²) in [6.45, 7) is 8.52. The lowest BCUT2D eigenvalue weighted by Gasteiger charge is -2.37. The van der Waals surface area contributed by atoms with Gasteiger partial charge in [-0.05, 0) is 73.0 Å². The Hall–Kier alpha value is 1.62. The average Bonchev–Trinajstić information content (AvgIpc) is 3.18. The highest BCUT2D eigenvalue weighted by Gasteiger charge is 2.39. The summed E-state index contributed by atoms with van der Waals surface area (Å²) < 4.78 is 73.2. The SMILES string of the molecule is SCCCOCCOCC(OCCOCCCS)C(OCCOCCCS)C(OCCOCCCS)C(COCCOCCCS)OCCOCCCS. The van der Waals surface area contributed by atoms with Crippen LogP contribution in [0.25, 0.3) is 0 Å².